The van der Waals surface area contributed by atoms with Gasteiger partial charge in [-0.1, -0.05) is 6.42 Å². The first-order chi connectivity index (χ1) is 12.5. The molecule has 1 atom stereocenters. The number of carboxylic acids is 1. The van der Waals surface area contributed by atoms with Gasteiger partial charge >= 0.3 is 0 Å². The van der Waals surface area contributed by atoms with Crippen molar-refractivity contribution in [3.8, 4) is 11.5 Å². The average Bonchev–Trinajstić information content (AvgIpc) is 2.62. The number of benzene rings is 1. The first-order valence-corrected chi connectivity index (χ1v) is 9.08. The summed E-state index contributed by atoms with van der Waals surface area (Å²) in [6.45, 7) is 7.68. The number of hydrogen-bond acceptors (Lipinski definition) is 5. The second kappa shape index (κ2) is 12.1. The lowest BCUT2D eigenvalue weighted by atomic mass is 10.0. The molecule has 0 spiro atoms. The van der Waals surface area contributed by atoms with Gasteiger partial charge in [0.1, 0.15) is 11.5 Å². The molecule has 26 heavy (non-hydrogen) atoms. The minimum absolute atomic E-state index is 0.114. The van der Waals surface area contributed by atoms with E-state index < -0.39 is 5.97 Å². The molecule has 1 aliphatic rings. The highest BCUT2D eigenvalue weighted by Gasteiger charge is 2.17. The lowest BCUT2D eigenvalue weighted by molar-refractivity contribution is -0.134. The Bertz CT molecular complexity index is 567. The second-order valence-corrected chi connectivity index (χ2v) is 5.90. The molecule has 0 aromatic heterocycles. The molecule has 0 bridgehead atoms. The first kappa shape index (κ1) is 21.8. The molecule has 7 heteroatoms. The summed E-state index contributed by atoms with van der Waals surface area (Å²) >= 11 is 0. The van der Waals surface area contributed by atoms with E-state index in [1.165, 1.54) is 12.8 Å². The van der Waals surface area contributed by atoms with Gasteiger partial charge in [0, 0.05) is 19.5 Å². The summed E-state index contributed by atoms with van der Waals surface area (Å²) in [6.07, 6.45) is 3.55. The Balaban J connectivity index is 0.000000765. The van der Waals surface area contributed by atoms with Gasteiger partial charge in [-0.05, 0) is 51.4 Å². The molecule has 0 saturated carbocycles. The highest BCUT2D eigenvalue weighted by atomic mass is 16.5. The van der Waals surface area contributed by atoms with Crippen LogP contribution in [0.25, 0.3) is 0 Å². The second-order valence-electron chi connectivity index (χ2n) is 5.90. The Morgan fingerprint density at radius 3 is 2.50 bits per heavy atom. The van der Waals surface area contributed by atoms with Gasteiger partial charge < -0.3 is 25.2 Å². The zero-order chi connectivity index (χ0) is 19.4. The number of amides is 1. The van der Waals surface area contributed by atoms with Crippen LogP contribution < -0.4 is 20.1 Å². The highest BCUT2D eigenvalue weighted by Crippen LogP contribution is 2.24. The van der Waals surface area contributed by atoms with E-state index in [0.29, 0.717) is 42.9 Å². The summed E-state index contributed by atoms with van der Waals surface area (Å²) in [4.78, 5) is 21.5. The van der Waals surface area contributed by atoms with Gasteiger partial charge in [0.05, 0.1) is 18.8 Å². The molecule has 0 radical (unpaired) electrons. The lowest BCUT2D eigenvalue weighted by Gasteiger charge is -2.23. The van der Waals surface area contributed by atoms with Crippen LogP contribution in [0.5, 0.6) is 11.5 Å². The van der Waals surface area contributed by atoms with Crippen molar-refractivity contribution in [2.75, 3.05) is 26.3 Å². The Labute approximate surface area is 155 Å². The van der Waals surface area contributed by atoms with Crippen LogP contribution >= 0.6 is 0 Å². The van der Waals surface area contributed by atoms with Crippen LogP contribution in [0.1, 0.15) is 50.4 Å². The maximum absolute atomic E-state index is 12.5. The minimum atomic E-state index is -0.833. The van der Waals surface area contributed by atoms with Crippen molar-refractivity contribution in [3.63, 3.8) is 0 Å². The Kier molecular flexibility index (Phi) is 10.2. The quantitative estimate of drug-likeness (QED) is 0.686. The summed E-state index contributed by atoms with van der Waals surface area (Å²) in [6, 6.07) is 5.73. The maximum atomic E-state index is 12.5. The van der Waals surface area contributed by atoms with E-state index in [1.807, 2.05) is 19.9 Å². The molecule has 1 aromatic rings. The Hall–Kier alpha value is -2.28. The Morgan fingerprint density at radius 2 is 1.92 bits per heavy atom. The van der Waals surface area contributed by atoms with E-state index in [9.17, 15) is 4.79 Å². The van der Waals surface area contributed by atoms with E-state index in [-0.39, 0.29) is 5.91 Å². The summed E-state index contributed by atoms with van der Waals surface area (Å²) in [5, 5.41) is 13.8. The highest BCUT2D eigenvalue weighted by molar-refractivity contribution is 5.97. The van der Waals surface area contributed by atoms with Crippen LogP contribution in [0.4, 0.5) is 0 Å². The summed E-state index contributed by atoms with van der Waals surface area (Å²) in [5.41, 5.74) is 0.531. The van der Waals surface area contributed by atoms with Crippen molar-refractivity contribution >= 4 is 11.9 Å². The van der Waals surface area contributed by atoms with Gasteiger partial charge in [-0.3, -0.25) is 9.59 Å². The lowest BCUT2D eigenvalue weighted by Crippen LogP contribution is -2.43. The predicted octanol–water partition coefficient (Wildman–Crippen LogP) is 2.45. The van der Waals surface area contributed by atoms with Crippen molar-refractivity contribution in [1.29, 1.82) is 0 Å². The van der Waals surface area contributed by atoms with Crippen LogP contribution in [-0.4, -0.2) is 49.3 Å². The van der Waals surface area contributed by atoms with Crippen molar-refractivity contribution in [1.82, 2.24) is 10.6 Å². The molecule has 1 fully saturated rings. The third kappa shape index (κ3) is 8.20. The van der Waals surface area contributed by atoms with Crippen molar-refractivity contribution in [2.24, 2.45) is 0 Å². The van der Waals surface area contributed by atoms with Gasteiger partial charge in [-0.2, -0.15) is 0 Å². The number of hydrogen-bond donors (Lipinski definition) is 3. The molecular weight excluding hydrogens is 336 g/mol. The summed E-state index contributed by atoms with van der Waals surface area (Å²) in [7, 11) is 0. The van der Waals surface area contributed by atoms with Gasteiger partial charge in [-0.25, -0.2) is 0 Å². The molecule has 1 heterocycles. The zero-order valence-corrected chi connectivity index (χ0v) is 15.8. The van der Waals surface area contributed by atoms with E-state index in [4.69, 9.17) is 19.4 Å². The number of carbonyl (C=O) groups is 2. The van der Waals surface area contributed by atoms with E-state index >= 15 is 0 Å². The number of piperidine rings is 1. The maximum Gasteiger partial charge on any atom is 0.300 e. The van der Waals surface area contributed by atoms with Crippen molar-refractivity contribution < 1.29 is 24.2 Å². The molecule has 1 unspecified atom stereocenters. The molecule has 146 valence electrons. The zero-order valence-electron chi connectivity index (χ0n) is 15.8. The van der Waals surface area contributed by atoms with Gasteiger partial charge in [0.2, 0.25) is 0 Å². The SMILES string of the molecule is CC(=O)O.CCOc1ccc(OCC)c(C(=O)NCC2CCCCN2)c1. The molecule has 2 rings (SSSR count). The van der Waals surface area contributed by atoms with E-state index in [1.54, 1.807) is 12.1 Å². The van der Waals surface area contributed by atoms with Gasteiger partial charge in [0.15, 0.2) is 0 Å². The van der Waals surface area contributed by atoms with Gasteiger partial charge in [0.25, 0.3) is 11.9 Å². The molecule has 1 aliphatic heterocycles. The molecule has 0 aliphatic carbocycles. The topological polar surface area (TPSA) is 96.9 Å². The number of aliphatic carboxylic acids is 1. The number of carboxylic acid groups (broad SMARTS) is 1. The fourth-order valence-corrected chi connectivity index (χ4v) is 2.63. The Morgan fingerprint density at radius 1 is 1.23 bits per heavy atom. The van der Waals surface area contributed by atoms with E-state index in [0.717, 1.165) is 19.9 Å². The summed E-state index contributed by atoms with van der Waals surface area (Å²) in [5.74, 6) is 0.337. The minimum Gasteiger partial charge on any atom is -0.494 e. The number of nitrogens with one attached hydrogen (secondary N) is 2. The van der Waals surface area contributed by atoms with Crippen molar-refractivity contribution in [3.05, 3.63) is 23.8 Å². The fourth-order valence-electron chi connectivity index (χ4n) is 2.63. The van der Waals surface area contributed by atoms with Crippen molar-refractivity contribution in [2.45, 2.75) is 46.1 Å². The molecule has 1 saturated heterocycles. The molecular formula is C19H30N2O5. The standard InChI is InChI=1S/C17H26N2O3.C2H4O2/c1-3-21-14-8-9-16(22-4-2)15(11-14)17(20)19-12-13-7-5-6-10-18-13;1-2(3)4/h8-9,11,13,18H,3-7,10,12H2,1-2H3,(H,19,20);1H3,(H,3,4). The normalized spacial score (nSPS) is 16.0. The van der Waals surface area contributed by atoms with Crippen LogP contribution in [0.2, 0.25) is 0 Å². The third-order valence-corrected chi connectivity index (χ3v) is 3.73. The molecule has 1 aromatic carbocycles. The van der Waals surface area contributed by atoms with Crippen LogP contribution in [0.15, 0.2) is 18.2 Å². The van der Waals surface area contributed by atoms with Crippen LogP contribution in [0.3, 0.4) is 0 Å². The molecule has 3 N–H and O–H groups in total. The molecule has 1 amide bonds. The van der Waals surface area contributed by atoms with Crippen LogP contribution in [-0.2, 0) is 4.79 Å². The van der Waals surface area contributed by atoms with Crippen LogP contribution in [0, 0.1) is 0 Å². The van der Waals surface area contributed by atoms with E-state index in [2.05, 4.69) is 10.6 Å². The third-order valence-electron chi connectivity index (χ3n) is 3.73. The van der Waals surface area contributed by atoms with Gasteiger partial charge in [-0.15, -0.1) is 0 Å². The summed E-state index contributed by atoms with van der Waals surface area (Å²) < 4.78 is 11.0. The first-order valence-electron chi connectivity index (χ1n) is 9.08. The number of carbonyl (C=O) groups excluding carboxylic acids is 1. The smallest absolute Gasteiger partial charge is 0.300 e. The number of ether oxygens (including phenoxy) is 2. The number of rotatable bonds is 7. The molecule has 7 nitrogen and oxygen atoms in total. The fraction of sp³-hybridized carbons (Fsp3) is 0.579. The monoisotopic (exact) mass is 366 g/mol. The predicted molar refractivity (Wildman–Crippen MR) is 100 cm³/mol. The average molecular weight is 366 g/mol. The largest absolute Gasteiger partial charge is 0.494 e.